The Morgan fingerprint density at radius 1 is 1.30 bits per heavy atom. The molecule has 0 bridgehead atoms. The van der Waals surface area contributed by atoms with Crippen LogP contribution in [-0.2, 0) is 9.47 Å². The van der Waals surface area contributed by atoms with Crippen LogP contribution in [0.25, 0.3) is 0 Å². The highest BCUT2D eigenvalue weighted by Crippen LogP contribution is 2.23. The molecule has 0 aliphatic carbocycles. The molecule has 0 spiro atoms. The highest BCUT2D eigenvalue weighted by molar-refractivity contribution is 5.90. The lowest BCUT2D eigenvalue weighted by molar-refractivity contribution is -0.175. The lowest BCUT2D eigenvalue weighted by Gasteiger charge is -2.11. The lowest BCUT2D eigenvalue weighted by atomic mass is 10.2. The average molecular weight is 293 g/mol. The first-order valence-corrected chi connectivity index (χ1v) is 5.58. The molecule has 0 saturated heterocycles. The maximum Gasteiger partial charge on any atom is 0.411 e. The Morgan fingerprint density at radius 2 is 2.00 bits per heavy atom. The Kier molecular flexibility index (Phi) is 5.63. The number of anilines is 1. The number of methoxy groups -OCH3 is 1. The van der Waals surface area contributed by atoms with Crippen LogP contribution in [0.5, 0.6) is 5.75 Å². The van der Waals surface area contributed by atoms with E-state index < -0.39 is 18.8 Å². The summed E-state index contributed by atoms with van der Waals surface area (Å²) in [6.45, 7) is -1.64. The van der Waals surface area contributed by atoms with Gasteiger partial charge in [0.15, 0.2) is 0 Å². The molecule has 0 fully saturated rings. The van der Waals surface area contributed by atoms with Crippen LogP contribution < -0.4 is 10.5 Å². The van der Waals surface area contributed by atoms with Gasteiger partial charge in [-0.3, -0.25) is 0 Å². The summed E-state index contributed by atoms with van der Waals surface area (Å²) in [5.74, 6) is -0.287. The summed E-state index contributed by atoms with van der Waals surface area (Å²) < 4.78 is 49.4. The van der Waals surface area contributed by atoms with E-state index in [0.717, 1.165) is 0 Å². The van der Waals surface area contributed by atoms with Gasteiger partial charge < -0.3 is 19.9 Å². The second-order valence-electron chi connectivity index (χ2n) is 3.76. The number of ether oxygens (including phenoxy) is 3. The van der Waals surface area contributed by atoms with Gasteiger partial charge in [-0.2, -0.15) is 13.2 Å². The van der Waals surface area contributed by atoms with Crippen LogP contribution in [0.4, 0.5) is 18.9 Å². The number of hydrogen-bond donors (Lipinski definition) is 1. The highest BCUT2D eigenvalue weighted by atomic mass is 19.4. The lowest BCUT2D eigenvalue weighted by Crippen LogP contribution is -2.19. The van der Waals surface area contributed by atoms with Crippen LogP contribution >= 0.6 is 0 Å². The van der Waals surface area contributed by atoms with E-state index in [4.69, 9.17) is 10.5 Å². The van der Waals surface area contributed by atoms with Crippen LogP contribution in [0.2, 0.25) is 0 Å². The standard InChI is InChI=1S/C12H14F3NO4/c1-18-11(17)8-2-3-10(9(16)6-8)20-5-4-19-7-12(13,14)15/h2-3,6H,4-5,7,16H2,1H3. The van der Waals surface area contributed by atoms with Crippen LogP contribution in [-0.4, -0.2) is 39.1 Å². The molecule has 1 aromatic carbocycles. The van der Waals surface area contributed by atoms with Crippen molar-refractivity contribution in [3.05, 3.63) is 23.8 Å². The molecule has 20 heavy (non-hydrogen) atoms. The topological polar surface area (TPSA) is 70.8 Å². The molecule has 0 aliphatic heterocycles. The predicted molar refractivity (Wildman–Crippen MR) is 64.6 cm³/mol. The molecule has 0 radical (unpaired) electrons. The summed E-state index contributed by atoms with van der Waals surface area (Å²) in [6, 6.07) is 4.23. The highest BCUT2D eigenvalue weighted by Gasteiger charge is 2.27. The van der Waals surface area contributed by atoms with E-state index in [1.807, 2.05) is 0 Å². The molecule has 0 amide bonds. The largest absolute Gasteiger partial charge is 0.489 e. The maximum absolute atomic E-state index is 11.8. The molecule has 0 aromatic heterocycles. The summed E-state index contributed by atoms with van der Waals surface area (Å²) >= 11 is 0. The molecule has 1 aromatic rings. The van der Waals surface area contributed by atoms with Gasteiger partial charge in [-0.05, 0) is 18.2 Å². The molecule has 8 heteroatoms. The van der Waals surface area contributed by atoms with Gasteiger partial charge >= 0.3 is 12.1 Å². The van der Waals surface area contributed by atoms with E-state index in [0.29, 0.717) is 0 Å². The van der Waals surface area contributed by atoms with Crippen molar-refractivity contribution in [2.75, 3.05) is 32.7 Å². The van der Waals surface area contributed by atoms with E-state index in [1.165, 1.54) is 25.3 Å². The van der Waals surface area contributed by atoms with Crippen molar-refractivity contribution in [1.82, 2.24) is 0 Å². The molecule has 0 saturated carbocycles. The summed E-state index contributed by atoms with van der Waals surface area (Å²) in [5, 5.41) is 0. The quantitative estimate of drug-likeness (QED) is 0.493. The average Bonchev–Trinajstić information content (AvgIpc) is 2.37. The minimum Gasteiger partial charge on any atom is -0.489 e. The molecular weight excluding hydrogens is 279 g/mol. The zero-order valence-electron chi connectivity index (χ0n) is 10.7. The third kappa shape index (κ3) is 5.35. The van der Waals surface area contributed by atoms with Crippen molar-refractivity contribution in [1.29, 1.82) is 0 Å². The zero-order valence-corrected chi connectivity index (χ0v) is 10.7. The summed E-state index contributed by atoms with van der Waals surface area (Å²) in [4.78, 5) is 11.2. The Bertz CT molecular complexity index is 463. The van der Waals surface area contributed by atoms with Crippen molar-refractivity contribution in [3.63, 3.8) is 0 Å². The van der Waals surface area contributed by atoms with Gasteiger partial charge in [0.2, 0.25) is 0 Å². The number of hydrogen-bond acceptors (Lipinski definition) is 5. The van der Waals surface area contributed by atoms with E-state index in [-0.39, 0.29) is 30.2 Å². The molecule has 0 atom stereocenters. The number of nitrogen functional groups attached to an aromatic ring is 1. The number of rotatable bonds is 6. The molecule has 112 valence electrons. The van der Waals surface area contributed by atoms with Crippen molar-refractivity contribution >= 4 is 11.7 Å². The summed E-state index contributed by atoms with van der Waals surface area (Å²) in [7, 11) is 1.24. The third-order valence-electron chi connectivity index (χ3n) is 2.18. The Morgan fingerprint density at radius 3 is 2.55 bits per heavy atom. The first-order valence-electron chi connectivity index (χ1n) is 5.58. The Labute approximate surface area is 113 Å². The third-order valence-corrected chi connectivity index (χ3v) is 2.18. The fourth-order valence-electron chi connectivity index (χ4n) is 1.32. The van der Waals surface area contributed by atoms with Gasteiger partial charge in [-0.15, -0.1) is 0 Å². The minimum atomic E-state index is -4.36. The van der Waals surface area contributed by atoms with E-state index >= 15 is 0 Å². The van der Waals surface area contributed by atoms with Gasteiger partial charge in [0.25, 0.3) is 0 Å². The second-order valence-corrected chi connectivity index (χ2v) is 3.76. The molecule has 1 rings (SSSR count). The number of nitrogens with two attached hydrogens (primary N) is 1. The van der Waals surface area contributed by atoms with Gasteiger partial charge in [-0.25, -0.2) is 4.79 Å². The Balaban J connectivity index is 2.43. The molecule has 5 nitrogen and oxygen atoms in total. The summed E-state index contributed by atoms with van der Waals surface area (Å²) in [5.41, 5.74) is 6.08. The van der Waals surface area contributed by atoms with E-state index in [1.54, 1.807) is 0 Å². The smallest absolute Gasteiger partial charge is 0.411 e. The van der Waals surface area contributed by atoms with Gasteiger partial charge in [0.05, 0.1) is 25.0 Å². The van der Waals surface area contributed by atoms with Crippen LogP contribution in [0, 0.1) is 0 Å². The molecule has 0 unspecified atom stereocenters. The molecular formula is C12H14F3NO4. The van der Waals surface area contributed by atoms with Crippen LogP contribution in [0.15, 0.2) is 18.2 Å². The number of alkyl halides is 3. The fourth-order valence-corrected chi connectivity index (χ4v) is 1.32. The molecule has 2 N–H and O–H groups in total. The number of benzene rings is 1. The fraction of sp³-hybridized carbons (Fsp3) is 0.417. The first-order chi connectivity index (χ1) is 9.33. The predicted octanol–water partition coefficient (Wildman–Crippen LogP) is 2.01. The zero-order chi connectivity index (χ0) is 15.2. The first kappa shape index (κ1) is 16.1. The van der Waals surface area contributed by atoms with Crippen molar-refractivity contribution in [2.45, 2.75) is 6.18 Å². The SMILES string of the molecule is COC(=O)c1ccc(OCCOCC(F)(F)F)c(N)c1. The van der Waals surface area contributed by atoms with Gasteiger partial charge in [0, 0.05) is 0 Å². The van der Waals surface area contributed by atoms with Gasteiger partial charge in [0.1, 0.15) is 19.0 Å². The number of esters is 1. The van der Waals surface area contributed by atoms with Crippen molar-refractivity contribution < 1.29 is 32.2 Å². The monoisotopic (exact) mass is 293 g/mol. The molecule has 0 heterocycles. The molecule has 0 aliphatic rings. The normalized spacial score (nSPS) is 11.2. The second kappa shape index (κ2) is 6.99. The van der Waals surface area contributed by atoms with Gasteiger partial charge in [-0.1, -0.05) is 0 Å². The minimum absolute atomic E-state index is 0.0855. The maximum atomic E-state index is 11.8. The van der Waals surface area contributed by atoms with E-state index in [2.05, 4.69) is 9.47 Å². The van der Waals surface area contributed by atoms with Crippen LogP contribution in [0.1, 0.15) is 10.4 Å². The Hall–Kier alpha value is -1.96. The van der Waals surface area contributed by atoms with Crippen molar-refractivity contribution in [2.24, 2.45) is 0 Å². The van der Waals surface area contributed by atoms with E-state index in [9.17, 15) is 18.0 Å². The number of carbonyl (C=O) groups is 1. The number of carbonyl (C=O) groups excluding carboxylic acids is 1. The summed E-state index contributed by atoms with van der Waals surface area (Å²) in [6.07, 6.45) is -4.36. The van der Waals surface area contributed by atoms with Crippen LogP contribution in [0.3, 0.4) is 0 Å². The van der Waals surface area contributed by atoms with Crippen molar-refractivity contribution in [3.8, 4) is 5.75 Å². The number of halogens is 3.